The molecule has 0 aromatic carbocycles. The van der Waals surface area contributed by atoms with Gasteiger partial charge >= 0.3 is 0 Å². The van der Waals surface area contributed by atoms with Gasteiger partial charge in [0.2, 0.25) is 0 Å². The van der Waals surface area contributed by atoms with Crippen LogP contribution < -0.4 is 5.73 Å². The predicted octanol–water partition coefficient (Wildman–Crippen LogP) is -0.126. The van der Waals surface area contributed by atoms with Gasteiger partial charge in [0.15, 0.2) is 0 Å². The summed E-state index contributed by atoms with van der Waals surface area (Å²) < 4.78 is 5.04. The van der Waals surface area contributed by atoms with Gasteiger partial charge in [0, 0.05) is 13.2 Å². The Labute approximate surface area is 61.2 Å². The van der Waals surface area contributed by atoms with Crippen molar-refractivity contribution in [3.63, 3.8) is 0 Å². The highest BCUT2D eigenvalue weighted by atomic mass is 16.5. The van der Waals surface area contributed by atoms with Gasteiger partial charge in [-0.2, -0.15) is 0 Å². The number of methoxy groups -OCH3 is 1. The fourth-order valence-corrected chi connectivity index (χ4v) is 1.43. The first-order valence-corrected chi connectivity index (χ1v) is 3.72. The molecule has 0 aromatic heterocycles. The molecule has 1 fully saturated rings. The van der Waals surface area contributed by atoms with Gasteiger partial charge in [-0.3, -0.25) is 0 Å². The molecule has 3 nitrogen and oxygen atoms in total. The van der Waals surface area contributed by atoms with E-state index in [2.05, 4.69) is 0 Å². The van der Waals surface area contributed by atoms with Crippen LogP contribution in [0.5, 0.6) is 0 Å². The monoisotopic (exact) mass is 145 g/mol. The van der Waals surface area contributed by atoms with Crippen LogP contribution in [-0.2, 0) is 4.74 Å². The summed E-state index contributed by atoms with van der Waals surface area (Å²) in [5.74, 6) is 0. The Balaban J connectivity index is 2.42. The average Bonchev–Trinajstić information content (AvgIpc) is 1.95. The fourth-order valence-electron chi connectivity index (χ4n) is 1.43. The summed E-state index contributed by atoms with van der Waals surface area (Å²) in [6, 6.07) is -0.0845. The van der Waals surface area contributed by atoms with Crippen LogP contribution in [0.4, 0.5) is 0 Å². The Morgan fingerprint density at radius 3 is 2.70 bits per heavy atom. The van der Waals surface area contributed by atoms with Crippen molar-refractivity contribution in [2.75, 3.05) is 7.11 Å². The second kappa shape index (κ2) is 3.32. The van der Waals surface area contributed by atoms with Gasteiger partial charge < -0.3 is 15.6 Å². The van der Waals surface area contributed by atoms with Crippen molar-refractivity contribution in [1.29, 1.82) is 0 Å². The summed E-state index contributed by atoms with van der Waals surface area (Å²) in [7, 11) is 1.62. The summed E-state index contributed by atoms with van der Waals surface area (Å²) >= 11 is 0. The third-order valence-corrected chi connectivity index (χ3v) is 2.15. The zero-order valence-electron chi connectivity index (χ0n) is 6.29. The molecular weight excluding hydrogens is 130 g/mol. The minimum absolute atomic E-state index is 0.0382. The Kier molecular flexibility index (Phi) is 2.65. The molecule has 0 spiro atoms. The zero-order chi connectivity index (χ0) is 7.56. The molecule has 0 unspecified atom stereocenters. The first-order valence-electron chi connectivity index (χ1n) is 3.72. The van der Waals surface area contributed by atoms with E-state index in [4.69, 9.17) is 10.5 Å². The summed E-state index contributed by atoms with van der Waals surface area (Å²) in [5, 5.41) is 9.39. The van der Waals surface area contributed by atoms with Crippen molar-refractivity contribution < 1.29 is 9.84 Å². The topological polar surface area (TPSA) is 55.5 Å². The van der Waals surface area contributed by atoms with Crippen LogP contribution in [0.1, 0.15) is 19.3 Å². The number of rotatable bonds is 1. The summed E-state index contributed by atoms with van der Waals surface area (Å²) in [5.41, 5.74) is 5.61. The lowest BCUT2D eigenvalue weighted by Crippen LogP contribution is -2.46. The third-order valence-electron chi connectivity index (χ3n) is 2.15. The van der Waals surface area contributed by atoms with Crippen LogP contribution in [0, 0.1) is 0 Å². The first kappa shape index (κ1) is 7.98. The highest BCUT2D eigenvalue weighted by Crippen LogP contribution is 2.19. The van der Waals surface area contributed by atoms with E-state index >= 15 is 0 Å². The maximum Gasteiger partial charge on any atom is 0.0952 e. The molecule has 0 radical (unpaired) electrons. The highest BCUT2D eigenvalue weighted by molar-refractivity contribution is 4.84. The van der Waals surface area contributed by atoms with Crippen LogP contribution in [0.2, 0.25) is 0 Å². The third kappa shape index (κ3) is 1.48. The molecule has 3 heteroatoms. The van der Waals surface area contributed by atoms with Gasteiger partial charge in [-0.1, -0.05) is 0 Å². The van der Waals surface area contributed by atoms with Gasteiger partial charge in [0.25, 0.3) is 0 Å². The van der Waals surface area contributed by atoms with Crippen molar-refractivity contribution in [2.24, 2.45) is 5.73 Å². The lowest BCUT2D eigenvalue weighted by molar-refractivity contribution is -0.0457. The predicted molar refractivity (Wildman–Crippen MR) is 38.6 cm³/mol. The Bertz CT molecular complexity index is 108. The molecular formula is C7H15NO2. The van der Waals surface area contributed by atoms with E-state index in [1.54, 1.807) is 7.11 Å². The van der Waals surface area contributed by atoms with Crippen molar-refractivity contribution >= 4 is 0 Å². The number of aliphatic hydroxyl groups excluding tert-OH is 1. The molecule has 60 valence electrons. The molecule has 10 heavy (non-hydrogen) atoms. The number of ether oxygens (including phenoxy) is 1. The molecule has 1 aliphatic carbocycles. The van der Waals surface area contributed by atoms with Crippen LogP contribution in [0.3, 0.4) is 0 Å². The second-order valence-electron chi connectivity index (χ2n) is 2.86. The molecule has 0 amide bonds. The smallest absolute Gasteiger partial charge is 0.0952 e. The minimum atomic E-state index is -0.459. The molecule has 3 N–H and O–H groups in total. The molecule has 1 rings (SSSR count). The molecule has 0 heterocycles. The minimum Gasteiger partial charge on any atom is -0.389 e. The van der Waals surface area contributed by atoms with E-state index in [1.807, 2.05) is 0 Å². The Morgan fingerprint density at radius 2 is 2.20 bits per heavy atom. The largest absolute Gasteiger partial charge is 0.389 e. The van der Waals surface area contributed by atoms with E-state index in [1.165, 1.54) is 0 Å². The van der Waals surface area contributed by atoms with E-state index in [0.29, 0.717) is 0 Å². The van der Waals surface area contributed by atoms with Gasteiger partial charge in [-0.05, 0) is 19.3 Å². The number of aliphatic hydroxyl groups is 1. The summed E-state index contributed by atoms with van der Waals surface area (Å²) in [4.78, 5) is 0. The highest BCUT2D eigenvalue weighted by Gasteiger charge is 2.28. The maximum atomic E-state index is 9.39. The van der Waals surface area contributed by atoms with E-state index in [0.717, 1.165) is 19.3 Å². The molecule has 0 aromatic rings. The standard InChI is InChI=1S/C7H15NO2/c1-10-6-4-2-3-5(8)7(6)9/h5-7,9H,2-4,8H2,1H3/t5-,6+,7+/m0/s1. The number of hydrogen-bond acceptors (Lipinski definition) is 3. The van der Waals surface area contributed by atoms with Crippen LogP contribution in [0.25, 0.3) is 0 Å². The Hall–Kier alpha value is -0.120. The van der Waals surface area contributed by atoms with Crippen LogP contribution in [-0.4, -0.2) is 30.5 Å². The first-order chi connectivity index (χ1) is 4.75. The van der Waals surface area contributed by atoms with Crippen LogP contribution in [0.15, 0.2) is 0 Å². The molecule has 0 aliphatic heterocycles. The number of hydrogen-bond donors (Lipinski definition) is 2. The summed E-state index contributed by atoms with van der Waals surface area (Å²) in [6.45, 7) is 0. The maximum absolute atomic E-state index is 9.39. The molecule has 0 saturated heterocycles. The SMILES string of the molecule is CO[C@@H]1CCC[C@H](N)[C@H]1O. The molecule has 1 aliphatic rings. The lowest BCUT2D eigenvalue weighted by atomic mass is 9.91. The lowest BCUT2D eigenvalue weighted by Gasteiger charge is -2.31. The second-order valence-corrected chi connectivity index (χ2v) is 2.86. The van der Waals surface area contributed by atoms with Gasteiger partial charge in [-0.25, -0.2) is 0 Å². The summed E-state index contributed by atoms with van der Waals surface area (Å²) in [6.07, 6.45) is 2.42. The van der Waals surface area contributed by atoms with Crippen molar-refractivity contribution in [3.8, 4) is 0 Å². The van der Waals surface area contributed by atoms with Crippen molar-refractivity contribution in [3.05, 3.63) is 0 Å². The van der Waals surface area contributed by atoms with E-state index in [9.17, 15) is 5.11 Å². The quantitative estimate of drug-likeness (QED) is 0.540. The molecule has 0 bridgehead atoms. The van der Waals surface area contributed by atoms with E-state index < -0.39 is 6.10 Å². The Morgan fingerprint density at radius 1 is 1.50 bits per heavy atom. The number of nitrogens with two attached hydrogens (primary N) is 1. The van der Waals surface area contributed by atoms with E-state index in [-0.39, 0.29) is 12.1 Å². The van der Waals surface area contributed by atoms with Crippen molar-refractivity contribution in [1.82, 2.24) is 0 Å². The van der Waals surface area contributed by atoms with Gasteiger partial charge in [-0.15, -0.1) is 0 Å². The molecule has 1 saturated carbocycles. The van der Waals surface area contributed by atoms with Gasteiger partial charge in [0.1, 0.15) is 0 Å². The van der Waals surface area contributed by atoms with Gasteiger partial charge in [0.05, 0.1) is 12.2 Å². The molecule has 3 atom stereocenters. The zero-order valence-corrected chi connectivity index (χ0v) is 6.29. The normalized spacial score (nSPS) is 41.7. The van der Waals surface area contributed by atoms with Crippen molar-refractivity contribution in [2.45, 2.75) is 37.5 Å². The fraction of sp³-hybridized carbons (Fsp3) is 1.00. The average molecular weight is 145 g/mol. The van der Waals surface area contributed by atoms with Crippen LogP contribution >= 0.6 is 0 Å².